The topological polar surface area (TPSA) is 37.6 Å². The van der Waals surface area contributed by atoms with E-state index in [1.165, 1.54) is 4.90 Å². The maximum absolute atomic E-state index is 12.9. The van der Waals surface area contributed by atoms with Gasteiger partial charge in [-0.05, 0) is 24.3 Å². The molecule has 1 amide bonds. The molecule has 0 aliphatic heterocycles. The molecule has 25 heavy (non-hydrogen) atoms. The van der Waals surface area contributed by atoms with Crippen LogP contribution in [0.5, 0.6) is 0 Å². The van der Waals surface area contributed by atoms with E-state index >= 15 is 0 Å². The predicted octanol–water partition coefficient (Wildman–Crippen LogP) is 2.57. The van der Waals surface area contributed by atoms with Crippen LogP contribution in [-0.4, -0.2) is 43.8 Å². The predicted molar refractivity (Wildman–Crippen MR) is 107 cm³/mol. The van der Waals surface area contributed by atoms with E-state index in [9.17, 15) is 4.79 Å². The van der Waals surface area contributed by atoms with Crippen LogP contribution in [0.1, 0.15) is 0 Å². The zero-order chi connectivity index (χ0) is 17.6. The molecule has 2 aromatic carbocycles. The number of hydrogen-bond acceptors (Lipinski definition) is 4. The van der Waals surface area contributed by atoms with Gasteiger partial charge in [0.05, 0.1) is 43.2 Å². The molecule has 0 atom stereocenters. The molecule has 4 nitrogen and oxygen atoms in total. The molecule has 0 spiro atoms. The van der Waals surface area contributed by atoms with Crippen molar-refractivity contribution in [1.29, 1.82) is 0 Å². The third kappa shape index (κ3) is 4.81. The van der Waals surface area contributed by atoms with Gasteiger partial charge in [-0.15, -0.1) is 11.8 Å². The number of thioether (sulfide) groups is 1. The lowest BCUT2D eigenvalue weighted by Gasteiger charge is -2.20. The minimum absolute atomic E-state index is 0.106. The van der Waals surface area contributed by atoms with Gasteiger partial charge in [0.2, 0.25) is 5.91 Å². The molecule has 0 saturated heterocycles. The lowest BCUT2D eigenvalue weighted by molar-refractivity contribution is -0.856. The number of fused-ring (bicyclic) bond motifs is 1. The van der Waals surface area contributed by atoms with Crippen LogP contribution >= 0.6 is 23.1 Å². The summed E-state index contributed by atoms with van der Waals surface area (Å²) >= 11 is 3.15. The van der Waals surface area contributed by atoms with Gasteiger partial charge in [0.15, 0.2) is 5.13 Å². The zero-order valence-electron chi connectivity index (χ0n) is 14.4. The fourth-order valence-corrected chi connectivity index (χ4v) is 4.18. The van der Waals surface area contributed by atoms with Crippen LogP contribution in [0.25, 0.3) is 10.2 Å². The van der Waals surface area contributed by atoms with Gasteiger partial charge in [-0.1, -0.05) is 41.7 Å². The first-order valence-corrected chi connectivity index (χ1v) is 10.1. The van der Waals surface area contributed by atoms with Gasteiger partial charge in [0, 0.05) is 4.90 Å². The van der Waals surface area contributed by atoms with E-state index < -0.39 is 0 Å². The number of hydrogen-bond donors (Lipinski definition) is 1. The molecule has 1 aromatic heterocycles. The molecule has 3 aromatic rings. The number of nitrogens with zero attached hydrogens (tertiary/aromatic N) is 2. The van der Waals surface area contributed by atoms with Crippen molar-refractivity contribution in [3.05, 3.63) is 54.6 Å². The second kappa shape index (κ2) is 8.47. The van der Waals surface area contributed by atoms with Crippen LogP contribution in [0, 0.1) is 0 Å². The molecule has 3 rings (SSSR count). The number of carbonyl (C=O) groups excluding carboxylic acids is 1. The second-order valence-corrected chi connectivity index (χ2v) is 8.13. The molecule has 0 aliphatic rings. The molecule has 0 aliphatic carbocycles. The van der Waals surface area contributed by atoms with Gasteiger partial charge in [0.25, 0.3) is 0 Å². The van der Waals surface area contributed by atoms with E-state index in [1.807, 2.05) is 53.4 Å². The Labute approximate surface area is 156 Å². The lowest BCUT2D eigenvalue weighted by Crippen LogP contribution is -3.06. The summed E-state index contributed by atoms with van der Waals surface area (Å²) in [6.45, 7) is 1.56. The summed E-state index contributed by atoms with van der Waals surface area (Å²) in [5.41, 5.74) is 0.952. The van der Waals surface area contributed by atoms with Crippen molar-refractivity contribution < 1.29 is 9.69 Å². The molecule has 1 N–H and O–H groups in total. The van der Waals surface area contributed by atoms with E-state index in [1.54, 1.807) is 23.1 Å². The van der Waals surface area contributed by atoms with Crippen LogP contribution in [0.15, 0.2) is 59.5 Å². The molecule has 6 heteroatoms. The van der Waals surface area contributed by atoms with Crippen molar-refractivity contribution in [2.45, 2.75) is 4.90 Å². The second-order valence-electron chi connectivity index (χ2n) is 6.07. The van der Waals surface area contributed by atoms with Crippen molar-refractivity contribution in [3.63, 3.8) is 0 Å². The molecular formula is C19H22N3OS2+. The average molecular weight is 373 g/mol. The Morgan fingerprint density at radius 3 is 2.56 bits per heavy atom. The fraction of sp³-hybridized carbons (Fsp3) is 0.263. The Balaban J connectivity index is 1.77. The van der Waals surface area contributed by atoms with E-state index in [2.05, 4.69) is 25.1 Å². The number of amides is 1. The monoisotopic (exact) mass is 372 g/mol. The molecular weight excluding hydrogens is 350 g/mol. The molecule has 0 bridgehead atoms. The first-order chi connectivity index (χ1) is 12.1. The van der Waals surface area contributed by atoms with Crippen molar-refractivity contribution in [1.82, 2.24) is 4.98 Å². The average Bonchev–Trinajstić information content (AvgIpc) is 3.04. The van der Waals surface area contributed by atoms with Gasteiger partial charge >= 0.3 is 0 Å². The van der Waals surface area contributed by atoms with Gasteiger partial charge in [0.1, 0.15) is 0 Å². The largest absolute Gasteiger partial charge is 0.338 e. The third-order valence-corrected chi connectivity index (χ3v) is 5.81. The van der Waals surface area contributed by atoms with Crippen molar-refractivity contribution in [2.24, 2.45) is 0 Å². The Kier molecular flexibility index (Phi) is 6.07. The highest BCUT2D eigenvalue weighted by Gasteiger charge is 2.20. The SMILES string of the molecule is C[NH+](C)CCN(C(=O)CSc1ccccc1)c1nc2ccccc2s1. The number of aromatic nitrogens is 1. The van der Waals surface area contributed by atoms with Gasteiger partial charge in [-0.2, -0.15) is 0 Å². The Bertz CT molecular complexity index is 800. The van der Waals surface area contributed by atoms with Crippen LogP contribution < -0.4 is 9.80 Å². The molecule has 1 heterocycles. The minimum Gasteiger partial charge on any atom is -0.338 e. The number of anilines is 1. The number of para-hydroxylation sites is 1. The normalized spacial score (nSPS) is 11.2. The Hall–Kier alpha value is -1.89. The first-order valence-electron chi connectivity index (χ1n) is 8.26. The minimum atomic E-state index is 0.106. The van der Waals surface area contributed by atoms with Gasteiger partial charge in [-0.3, -0.25) is 9.69 Å². The smallest absolute Gasteiger partial charge is 0.239 e. The summed E-state index contributed by atoms with van der Waals surface area (Å²) in [5, 5.41) is 0.793. The molecule has 130 valence electrons. The van der Waals surface area contributed by atoms with Crippen LogP contribution in [0.2, 0.25) is 0 Å². The summed E-state index contributed by atoms with van der Waals surface area (Å²) in [4.78, 5) is 21.8. The van der Waals surface area contributed by atoms with E-state index in [-0.39, 0.29) is 5.91 Å². The van der Waals surface area contributed by atoms with Crippen LogP contribution in [0.3, 0.4) is 0 Å². The first kappa shape index (κ1) is 17.9. The number of quaternary nitrogens is 1. The number of likely N-dealkylation sites (N-methyl/N-ethyl adjacent to an activating group) is 1. The summed E-state index contributed by atoms with van der Waals surface area (Å²) in [6.07, 6.45) is 0. The van der Waals surface area contributed by atoms with E-state index in [0.717, 1.165) is 26.8 Å². The molecule has 0 saturated carbocycles. The summed E-state index contributed by atoms with van der Waals surface area (Å²) in [6, 6.07) is 18.1. The van der Waals surface area contributed by atoms with Crippen molar-refractivity contribution >= 4 is 44.4 Å². The quantitative estimate of drug-likeness (QED) is 0.648. The molecule has 0 unspecified atom stereocenters. The number of nitrogens with one attached hydrogen (secondary N) is 1. The fourth-order valence-electron chi connectivity index (χ4n) is 2.38. The highest BCUT2D eigenvalue weighted by atomic mass is 32.2. The summed E-state index contributed by atoms with van der Waals surface area (Å²) < 4.78 is 1.11. The Morgan fingerprint density at radius 2 is 1.84 bits per heavy atom. The number of carbonyl (C=O) groups is 1. The van der Waals surface area contributed by atoms with Gasteiger partial charge in [-0.25, -0.2) is 4.98 Å². The maximum atomic E-state index is 12.9. The third-order valence-electron chi connectivity index (χ3n) is 3.76. The number of benzene rings is 2. The van der Waals surface area contributed by atoms with Crippen LogP contribution in [-0.2, 0) is 4.79 Å². The summed E-state index contributed by atoms with van der Waals surface area (Å²) in [5.74, 6) is 0.525. The highest BCUT2D eigenvalue weighted by molar-refractivity contribution is 8.00. The Morgan fingerprint density at radius 1 is 1.12 bits per heavy atom. The molecule has 0 radical (unpaired) electrons. The van der Waals surface area contributed by atoms with Crippen LogP contribution in [0.4, 0.5) is 5.13 Å². The number of thiazole rings is 1. The van der Waals surface area contributed by atoms with Gasteiger partial charge < -0.3 is 4.90 Å². The maximum Gasteiger partial charge on any atom is 0.239 e. The van der Waals surface area contributed by atoms with E-state index in [4.69, 9.17) is 0 Å². The highest BCUT2D eigenvalue weighted by Crippen LogP contribution is 2.29. The van der Waals surface area contributed by atoms with Crippen molar-refractivity contribution in [2.75, 3.05) is 37.8 Å². The zero-order valence-corrected chi connectivity index (χ0v) is 16.1. The number of rotatable bonds is 7. The molecule has 0 fully saturated rings. The standard InChI is InChI=1S/C19H21N3OS2/c1-21(2)12-13-22(18(23)14-24-15-8-4-3-5-9-15)19-20-16-10-6-7-11-17(16)25-19/h3-11H,12-14H2,1-2H3/p+1. The van der Waals surface area contributed by atoms with Crippen molar-refractivity contribution in [3.8, 4) is 0 Å². The summed E-state index contributed by atoms with van der Waals surface area (Å²) in [7, 11) is 4.19. The van der Waals surface area contributed by atoms with E-state index in [0.29, 0.717) is 12.3 Å². The lowest BCUT2D eigenvalue weighted by atomic mass is 10.3.